The molecule has 2 rings (SSSR count). The van der Waals surface area contributed by atoms with E-state index in [1.165, 1.54) is 31.2 Å². The first kappa shape index (κ1) is 10.4. The second-order valence-electron chi connectivity index (χ2n) is 4.14. The molecule has 1 aromatic rings. The average Bonchev–Trinajstić information content (AvgIpc) is 2.32. The van der Waals surface area contributed by atoms with Crippen LogP contribution in [0.2, 0.25) is 0 Å². The van der Waals surface area contributed by atoms with Crippen molar-refractivity contribution in [2.45, 2.75) is 25.7 Å². The van der Waals surface area contributed by atoms with Gasteiger partial charge in [0.05, 0.1) is 0 Å². The third-order valence-electron chi connectivity index (χ3n) is 2.95. The lowest BCUT2D eigenvalue weighted by Crippen LogP contribution is -2.23. The van der Waals surface area contributed by atoms with Gasteiger partial charge in [-0.15, -0.1) is 0 Å². The highest BCUT2D eigenvalue weighted by atomic mass is 14.9. The summed E-state index contributed by atoms with van der Waals surface area (Å²) in [5.74, 6) is 0. The summed E-state index contributed by atoms with van der Waals surface area (Å²) in [5.41, 5.74) is 3.09. The van der Waals surface area contributed by atoms with Crippen LogP contribution in [-0.4, -0.2) is 13.1 Å². The second kappa shape index (κ2) is 5.72. The lowest BCUT2D eigenvalue weighted by Gasteiger charge is -2.15. The molecule has 0 radical (unpaired) electrons. The maximum absolute atomic E-state index is 3.38. The van der Waals surface area contributed by atoms with Crippen LogP contribution < -0.4 is 5.32 Å². The molecule has 0 atom stereocenters. The normalized spacial score (nSPS) is 16.4. The molecule has 1 nitrogen and oxygen atoms in total. The lowest BCUT2D eigenvalue weighted by atomic mass is 10.0. The average molecular weight is 201 g/mol. The summed E-state index contributed by atoms with van der Waals surface area (Å²) in [5, 5.41) is 3.38. The molecule has 0 aromatic heterocycles. The van der Waals surface area contributed by atoms with E-state index in [1.54, 1.807) is 5.57 Å². The van der Waals surface area contributed by atoms with Gasteiger partial charge in [-0.25, -0.2) is 0 Å². The summed E-state index contributed by atoms with van der Waals surface area (Å²) >= 11 is 0. The van der Waals surface area contributed by atoms with Crippen molar-refractivity contribution < 1.29 is 0 Å². The second-order valence-corrected chi connectivity index (χ2v) is 4.14. The van der Waals surface area contributed by atoms with Crippen LogP contribution in [0.15, 0.2) is 42.0 Å². The highest BCUT2D eigenvalue weighted by molar-refractivity contribution is 5.16. The number of nitrogens with one attached hydrogen (secondary N) is 1. The number of allylic oxidation sites excluding steroid dienone is 1. The van der Waals surface area contributed by atoms with E-state index in [1.807, 2.05) is 0 Å². The zero-order valence-corrected chi connectivity index (χ0v) is 9.21. The zero-order valence-electron chi connectivity index (χ0n) is 9.21. The van der Waals surface area contributed by atoms with E-state index < -0.39 is 0 Å². The maximum Gasteiger partial charge on any atom is -0.00115 e. The van der Waals surface area contributed by atoms with Crippen molar-refractivity contribution in [3.63, 3.8) is 0 Å². The third-order valence-corrected chi connectivity index (χ3v) is 2.95. The van der Waals surface area contributed by atoms with Crippen LogP contribution in [0.5, 0.6) is 0 Å². The van der Waals surface area contributed by atoms with Gasteiger partial charge in [0.25, 0.3) is 0 Å². The van der Waals surface area contributed by atoms with Crippen LogP contribution in [0, 0.1) is 0 Å². The minimum Gasteiger partial charge on any atom is -0.316 e. The fraction of sp³-hybridized carbons (Fsp3) is 0.429. The number of aryl methyl sites for hydroxylation is 1. The number of piperidine rings is 1. The summed E-state index contributed by atoms with van der Waals surface area (Å²) in [4.78, 5) is 0. The van der Waals surface area contributed by atoms with Gasteiger partial charge in [-0.3, -0.25) is 0 Å². The Balaban J connectivity index is 1.78. The first-order chi connectivity index (χ1) is 7.45. The Labute approximate surface area is 92.2 Å². The molecular weight excluding hydrogens is 182 g/mol. The minimum atomic E-state index is 1.16. The van der Waals surface area contributed by atoms with Crippen molar-refractivity contribution in [1.29, 1.82) is 0 Å². The van der Waals surface area contributed by atoms with Crippen LogP contribution in [0.3, 0.4) is 0 Å². The van der Waals surface area contributed by atoms with Gasteiger partial charge in [-0.05, 0) is 44.3 Å². The van der Waals surface area contributed by atoms with E-state index >= 15 is 0 Å². The summed E-state index contributed by atoms with van der Waals surface area (Å²) < 4.78 is 0. The number of hydrogen-bond acceptors (Lipinski definition) is 1. The van der Waals surface area contributed by atoms with Gasteiger partial charge in [-0.1, -0.05) is 42.0 Å². The summed E-state index contributed by atoms with van der Waals surface area (Å²) in [6.45, 7) is 2.33. The van der Waals surface area contributed by atoms with Crippen molar-refractivity contribution >= 4 is 0 Å². The highest BCUT2D eigenvalue weighted by Crippen LogP contribution is 2.12. The molecule has 0 aliphatic carbocycles. The molecule has 1 heterocycles. The Bertz CT molecular complexity index is 305. The fourth-order valence-corrected chi connectivity index (χ4v) is 2.04. The van der Waals surface area contributed by atoms with Crippen molar-refractivity contribution in [2.75, 3.05) is 13.1 Å². The van der Waals surface area contributed by atoms with Crippen LogP contribution in [0.25, 0.3) is 0 Å². The molecule has 0 bridgehead atoms. The summed E-state index contributed by atoms with van der Waals surface area (Å²) in [6, 6.07) is 10.7. The standard InChI is InChI=1S/C14H19N/c1-2-5-13(6-3-1)7-4-8-14-9-11-15-12-10-14/h1-3,5-6,8,15H,4,7,9-12H2. The predicted molar refractivity (Wildman–Crippen MR) is 64.9 cm³/mol. The molecule has 1 saturated heterocycles. The molecule has 1 aliphatic rings. The molecule has 1 heteroatoms. The van der Waals surface area contributed by atoms with E-state index in [9.17, 15) is 0 Å². The lowest BCUT2D eigenvalue weighted by molar-refractivity contribution is 0.607. The van der Waals surface area contributed by atoms with E-state index in [-0.39, 0.29) is 0 Å². The Morgan fingerprint density at radius 2 is 1.80 bits per heavy atom. The van der Waals surface area contributed by atoms with E-state index in [0.717, 1.165) is 13.1 Å². The zero-order chi connectivity index (χ0) is 10.3. The van der Waals surface area contributed by atoms with Gasteiger partial charge in [0.2, 0.25) is 0 Å². The Hall–Kier alpha value is -1.08. The van der Waals surface area contributed by atoms with Gasteiger partial charge in [-0.2, -0.15) is 0 Å². The van der Waals surface area contributed by atoms with Crippen molar-refractivity contribution in [1.82, 2.24) is 5.32 Å². The topological polar surface area (TPSA) is 12.0 Å². The Morgan fingerprint density at radius 1 is 1.07 bits per heavy atom. The molecule has 80 valence electrons. The third kappa shape index (κ3) is 3.52. The first-order valence-electron chi connectivity index (χ1n) is 5.88. The van der Waals surface area contributed by atoms with Crippen molar-refractivity contribution in [3.05, 3.63) is 47.5 Å². The minimum absolute atomic E-state index is 1.16. The van der Waals surface area contributed by atoms with Gasteiger partial charge < -0.3 is 5.32 Å². The molecule has 0 saturated carbocycles. The smallest absolute Gasteiger partial charge is 0.00115 e. The fourth-order valence-electron chi connectivity index (χ4n) is 2.04. The van der Waals surface area contributed by atoms with Gasteiger partial charge >= 0.3 is 0 Å². The molecule has 0 unspecified atom stereocenters. The van der Waals surface area contributed by atoms with Crippen molar-refractivity contribution in [2.24, 2.45) is 0 Å². The van der Waals surface area contributed by atoms with E-state index in [0.29, 0.717) is 0 Å². The van der Waals surface area contributed by atoms with Crippen LogP contribution in [0.4, 0.5) is 0 Å². The van der Waals surface area contributed by atoms with Crippen molar-refractivity contribution in [3.8, 4) is 0 Å². The quantitative estimate of drug-likeness (QED) is 0.741. The van der Waals surface area contributed by atoms with Crippen LogP contribution in [-0.2, 0) is 6.42 Å². The maximum atomic E-state index is 3.38. The van der Waals surface area contributed by atoms with Gasteiger partial charge in [0.1, 0.15) is 0 Å². The molecule has 0 amide bonds. The van der Waals surface area contributed by atoms with Crippen LogP contribution in [0.1, 0.15) is 24.8 Å². The highest BCUT2D eigenvalue weighted by Gasteiger charge is 2.02. The molecular formula is C14H19N. The molecule has 1 aromatic carbocycles. The SMILES string of the molecule is C(CCc1ccccc1)=C1CCNCC1. The van der Waals surface area contributed by atoms with Gasteiger partial charge in [0, 0.05) is 0 Å². The molecule has 1 fully saturated rings. The molecule has 15 heavy (non-hydrogen) atoms. The van der Waals surface area contributed by atoms with E-state index in [4.69, 9.17) is 0 Å². The summed E-state index contributed by atoms with van der Waals surface area (Å²) in [6.07, 6.45) is 7.30. The molecule has 1 aliphatic heterocycles. The monoisotopic (exact) mass is 201 g/mol. The van der Waals surface area contributed by atoms with Gasteiger partial charge in [0.15, 0.2) is 0 Å². The Morgan fingerprint density at radius 3 is 2.53 bits per heavy atom. The molecule has 1 N–H and O–H groups in total. The largest absolute Gasteiger partial charge is 0.316 e. The number of rotatable bonds is 3. The molecule has 0 spiro atoms. The van der Waals surface area contributed by atoms with E-state index in [2.05, 4.69) is 41.7 Å². The first-order valence-corrected chi connectivity index (χ1v) is 5.88. The Kier molecular flexibility index (Phi) is 3.98. The predicted octanol–water partition coefficient (Wildman–Crippen LogP) is 2.93. The van der Waals surface area contributed by atoms with Crippen LogP contribution >= 0.6 is 0 Å². The number of benzene rings is 1. The summed E-state index contributed by atoms with van der Waals surface area (Å²) in [7, 11) is 0. The number of hydrogen-bond donors (Lipinski definition) is 1.